The third-order valence-corrected chi connectivity index (χ3v) is 5.48. The largest absolute Gasteiger partial charge is 0.325 e. The van der Waals surface area contributed by atoms with Gasteiger partial charge in [0.15, 0.2) is 0 Å². The Morgan fingerprint density at radius 2 is 1.94 bits per heavy atom. The molecule has 2 saturated carbocycles. The highest BCUT2D eigenvalue weighted by Crippen LogP contribution is 2.46. The van der Waals surface area contributed by atoms with Crippen molar-refractivity contribution in [2.24, 2.45) is 17.6 Å². The Balaban J connectivity index is 1.72. The highest BCUT2D eigenvalue weighted by Gasteiger charge is 2.40. The van der Waals surface area contributed by atoms with E-state index < -0.39 is 0 Å². The average molecular weight is 308 g/mol. The Morgan fingerprint density at radius 3 is 2.67 bits per heavy atom. The summed E-state index contributed by atoms with van der Waals surface area (Å²) in [6, 6.07) is 8.52. The van der Waals surface area contributed by atoms with Crippen LogP contribution in [0.2, 0.25) is 0 Å². The van der Waals surface area contributed by atoms with Crippen LogP contribution in [-0.4, -0.2) is 5.54 Å². The lowest BCUT2D eigenvalue weighted by Gasteiger charge is -2.38. The van der Waals surface area contributed by atoms with Gasteiger partial charge in [-0.25, -0.2) is 0 Å². The minimum absolute atomic E-state index is 0.0371. The van der Waals surface area contributed by atoms with Crippen LogP contribution in [-0.2, 0) is 6.42 Å². The number of nitrogens with two attached hydrogens (primary N) is 1. The van der Waals surface area contributed by atoms with E-state index in [1.165, 1.54) is 48.6 Å². The van der Waals surface area contributed by atoms with E-state index in [0.717, 1.165) is 18.3 Å². The third kappa shape index (κ3) is 2.80. The summed E-state index contributed by atoms with van der Waals surface area (Å²) < 4.78 is 1.21. The van der Waals surface area contributed by atoms with Gasteiger partial charge in [-0.15, -0.1) is 0 Å². The summed E-state index contributed by atoms with van der Waals surface area (Å²) in [6.07, 6.45) is 9.10. The molecule has 1 aromatic carbocycles. The van der Waals surface area contributed by atoms with Crippen LogP contribution in [0.3, 0.4) is 0 Å². The van der Waals surface area contributed by atoms with Crippen LogP contribution < -0.4 is 5.73 Å². The lowest BCUT2D eigenvalue weighted by Crippen LogP contribution is -2.46. The normalized spacial score (nSPS) is 32.4. The molecule has 2 aliphatic rings. The SMILES string of the molecule is NC1(Cc2ccccc2Br)CCCC(C2CC2)C1. The first kappa shape index (κ1) is 12.7. The molecule has 2 unspecified atom stereocenters. The molecule has 0 amide bonds. The molecular formula is C16H22BrN. The zero-order valence-electron chi connectivity index (χ0n) is 10.9. The van der Waals surface area contributed by atoms with E-state index in [4.69, 9.17) is 5.73 Å². The molecule has 0 aliphatic heterocycles. The number of halogens is 1. The van der Waals surface area contributed by atoms with Crippen LogP contribution in [0.5, 0.6) is 0 Å². The second-order valence-corrected chi connectivity index (χ2v) is 7.18. The predicted molar refractivity (Wildman–Crippen MR) is 79.4 cm³/mol. The lowest BCUT2D eigenvalue weighted by atomic mass is 9.72. The summed E-state index contributed by atoms with van der Waals surface area (Å²) in [5, 5.41) is 0. The first-order valence-corrected chi connectivity index (χ1v) is 7.98. The van der Waals surface area contributed by atoms with Gasteiger partial charge in [-0.1, -0.05) is 47.0 Å². The van der Waals surface area contributed by atoms with Gasteiger partial charge in [0.2, 0.25) is 0 Å². The van der Waals surface area contributed by atoms with Crippen LogP contribution in [0.25, 0.3) is 0 Å². The highest BCUT2D eigenvalue weighted by molar-refractivity contribution is 9.10. The zero-order chi connectivity index (χ0) is 12.6. The van der Waals surface area contributed by atoms with E-state index in [2.05, 4.69) is 40.2 Å². The van der Waals surface area contributed by atoms with E-state index in [1.807, 2.05) is 0 Å². The fraction of sp³-hybridized carbons (Fsp3) is 0.625. The highest BCUT2D eigenvalue weighted by atomic mass is 79.9. The topological polar surface area (TPSA) is 26.0 Å². The van der Waals surface area contributed by atoms with Crippen LogP contribution in [0, 0.1) is 11.8 Å². The quantitative estimate of drug-likeness (QED) is 0.885. The second-order valence-electron chi connectivity index (χ2n) is 6.32. The first-order chi connectivity index (χ1) is 8.66. The lowest BCUT2D eigenvalue weighted by molar-refractivity contribution is 0.204. The smallest absolute Gasteiger partial charge is 0.0207 e. The van der Waals surface area contributed by atoms with Gasteiger partial charge >= 0.3 is 0 Å². The molecule has 3 rings (SSSR count). The Morgan fingerprint density at radius 1 is 1.17 bits per heavy atom. The van der Waals surface area contributed by atoms with Crippen molar-refractivity contribution >= 4 is 15.9 Å². The Kier molecular flexibility index (Phi) is 3.50. The van der Waals surface area contributed by atoms with Crippen molar-refractivity contribution in [3.63, 3.8) is 0 Å². The second kappa shape index (κ2) is 4.97. The molecule has 98 valence electrons. The summed E-state index contributed by atoms with van der Waals surface area (Å²) in [5.41, 5.74) is 8.10. The molecule has 1 aromatic rings. The molecule has 2 heteroatoms. The van der Waals surface area contributed by atoms with Crippen LogP contribution in [0.15, 0.2) is 28.7 Å². The number of benzene rings is 1. The van der Waals surface area contributed by atoms with E-state index >= 15 is 0 Å². The summed E-state index contributed by atoms with van der Waals surface area (Å²) in [5.74, 6) is 1.92. The van der Waals surface area contributed by atoms with Gasteiger partial charge in [0.1, 0.15) is 0 Å². The molecule has 0 heterocycles. The molecule has 2 N–H and O–H groups in total. The van der Waals surface area contributed by atoms with Crippen LogP contribution in [0.4, 0.5) is 0 Å². The van der Waals surface area contributed by atoms with Gasteiger partial charge in [0.25, 0.3) is 0 Å². The number of rotatable bonds is 3. The van der Waals surface area contributed by atoms with Crippen molar-refractivity contribution in [3.05, 3.63) is 34.3 Å². The maximum absolute atomic E-state index is 6.70. The number of hydrogen-bond acceptors (Lipinski definition) is 1. The van der Waals surface area contributed by atoms with E-state index in [0.29, 0.717) is 0 Å². The van der Waals surface area contributed by atoms with E-state index in [-0.39, 0.29) is 5.54 Å². The molecule has 2 fully saturated rings. The van der Waals surface area contributed by atoms with Gasteiger partial charge in [-0.2, -0.15) is 0 Å². The average Bonchev–Trinajstić information content (AvgIpc) is 3.16. The van der Waals surface area contributed by atoms with E-state index in [1.54, 1.807) is 0 Å². The maximum Gasteiger partial charge on any atom is 0.0207 e. The van der Waals surface area contributed by atoms with Gasteiger partial charge in [0.05, 0.1) is 0 Å². The molecule has 18 heavy (non-hydrogen) atoms. The van der Waals surface area contributed by atoms with Gasteiger partial charge in [-0.3, -0.25) is 0 Å². The molecule has 2 atom stereocenters. The van der Waals surface area contributed by atoms with Crippen molar-refractivity contribution in [2.75, 3.05) is 0 Å². The summed E-state index contributed by atoms with van der Waals surface area (Å²) in [4.78, 5) is 0. The molecule has 0 saturated heterocycles. The maximum atomic E-state index is 6.70. The Labute approximate surface area is 118 Å². The van der Waals surface area contributed by atoms with Crippen molar-refractivity contribution in [1.29, 1.82) is 0 Å². The Bertz CT molecular complexity index is 427. The predicted octanol–water partition coefficient (Wildman–Crippen LogP) is 4.29. The van der Waals surface area contributed by atoms with Crippen molar-refractivity contribution < 1.29 is 0 Å². The fourth-order valence-corrected chi connectivity index (χ4v) is 4.02. The molecule has 0 bridgehead atoms. The first-order valence-electron chi connectivity index (χ1n) is 7.19. The van der Waals surface area contributed by atoms with Gasteiger partial charge in [-0.05, 0) is 55.6 Å². The Hall–Kier alpha value is -0.340. The van der Waals surface area contributed by atoms with Crippen molar-refractivity contribution in [2.45, 2.75) is 50.5 Å². The van der Waals surface area contributed by atoms with Crippen LogP contribution in [0.1, 0.15) is 44.1 Å². The standard InChI is InChI=1S/C16H22BrN/c17-15-6-2-1-4-14(15)11-16(18)9-3-5-13(10-16)12-7-8-12/h1-2,4,6,12-13H,3,5,7-11,18H2. The molecule has 0 spiro atoms. The zero-order valence-corrected chi connectivity index (χ0v) is 12.5. The van der Waals surface area contributed by atoms with E-state index in [9.17, 15) is 0 Å². The summed E-state index contributed by atoms with van der Waals surface area (Å²) in [7, 11) is 0. The third-order valence-electron chi connectivity index (χ3n) is 4.71. The van der Waals surface area contributed by atoms with Gasteiger partial charge < -0.3 is 5.73 Å². The fourth-order valence-electron chi connectivity index (χ4n) is 3.59. The minimum atomic E-state index is 0.0371. The minimum Gasteiger partial charge on any atom is -0.325 e. The number of hydrogen-bond donors (Lipinski definition) is 1. The molecule has 0 aromatic heterocycles. The summed E-state index contributed by atoms with van der Waals surface area (Å²) >= 11 is 3.65. The molecule has 1 nitrogen and oxygen atoms in total. The van der Waals surface area contributed by atoms with Crippen molar-refractivity contribution in [1.82, 2.24) is 0 Å². The van der Waals surface area contributed by atoms with Gasteiger partial charge in [0, 0.05) is 10.0 Å². The molecular weight excluding hydrogens is 286 g/mol. The monoisotopic (exact) mass is 307 g/mol. The molecule has 0 radical (unpaired) electrons. The molecule has 2 aliphatic carbocycles. The van der Waals surface area contributed by atoms with Crippen molar-refractivity contribution in [3.8, 4) is 0 Å². The van der Waals surface area contributed by atoms with Crippen LogP contribution >= 0.6 is 15.9 Å². The summed E-state index contributed by atoms with van der Waals surface area (Å²) in [6.45, 7) is 0.